The number of rotatable bonds is 9. The third kappa shape index (κ3) is 6.44. The van der Waals surface area contributed by atoms with Gasteiger partial charge in [0.05, 0.1) is 11.7 Å². The molecular weight excluding hydrogens is 190 g/mol. The summed E-state index contributed by atoms with van der Waals surface area (Å²) in [5.41, 5.74) is 4.52. The molecule has 0 aliphatic carbocycles. The summed E-state index contributed by atoms with van der Waals surface area (Å²) in [6, 6.07) is 0. The molecule has 0 aliphatic heterocycles. The fourth-order valence-corrected chi connectivity index (χ4v) is 1.60. The van der Waals surface area contributed by atoms with Gasteiger partial charge in [0.25, 0.3) is 0 Å². The Morgan fingerprint density at radius 3 is 2.13 bits per heavy atom. The van der Waals surface area contributed by atoms with E-state index in [1.165, 1.54) is 0 Å². The maximum absolute atomic E-state index is 10.1. The first-order chi connectivity index (χ1) is 7.08. The van der Waals surface area contributed by atoms with E-state index in [0.717, 1.165) is 0 Å². The van der Waals surface area contributed by atoms with Crippen LogP contribution in [0.15, 0.2) is 25.3 Å². The second-order valence-electron chi connectivity index (χ2n) is 3.98. The van der Waals surface area contributed by atoms with E-state index in [2.05, 4.69) is 13.2 Å². The van der Waals surface area contributed by atoms with E-state index in [-0.39, 0.29) is 0 Å². The van der Waals surface area contributed by atoms with Crippen molar-refractivity contribution < 1.29 is 10.2 Å². The molecule has 0 aromatic heterocycles. The Morgan fingerprint density at radius 2 is 1.73 bits per heavy atom. The van der Waals surface area contributed by atoms with Crippen molar-refractivity contribution in [3.8, 4) is 0 Å². The average Bonchev–Trinajstić information content (AvgIpc) is 2.16. The van der Waals surface area contributed by atoms with Crippen LogP contribution in [0.1, 0.15) is 32.1 Å². The monoisotopic (exact) mass is 213 g/mol. The largest absolute Gasteiger partial charge is 0.393 e. The Morgan fingerprint density at radius 1 is 1.20 bits per heavy atom. The topological polar surface area (TPSA) is 66.5 Å². The molecule has 15 heavy (non-hydrogen) atoms. The summed E-state index contributed by atoms with van der Waals surface area (Å²) >= 11 is 0. The Labute approximate surface area is 92.3 Å². The highest BCUT2D eigenvalue weighted by Gasteiger charge is 2.24. The summed E-state index contributed by atoms with van der Waals surface area (Å²) in [7, 11) is 0. The Bertz CT molecular complexity index is 182. The van der Waals surface area contributed by atoms with E-state index in [1.807, 2.05) is 0 Å². The first-order valence-corrected chi connectivity index (χ1v) is 5.40. The second-order valence-corrected chi connectivity index (χ2v) is 3.98. The van der Waals surface area contributed by atoms with Gasteiger partial charge in [0.2, 0.25) is 0 Å². The van der Waals surface area contributed by atoms with Crippen LogP contribution >= 0.6 is 0 Å². The molecule has 0 aromatic carbocycles. The Balaban J connectivity index is 4.04. The van der Waals surface area contributed by atoms with Gasteiger partial charge in [-0.05, 0) is 38.6 Å². The molecule has 4 N–H and O–H groups in total. The minimum absolute atomic E-state index is 0.420. The van der Waals surface area contributed by atoms with Gasteiger partial charge in [0, 0.05) is 0 Å². The molecule has 0 aromatic rings. The molecule has 0 saturated carbocycles. The minimum atomic E-state index is -0.806. The van der Waals surface area contributed by atoms with Crippen LogP contribution in [0.3, 0.4) is 0 Å². The van der Waals surface area contributed by atoms with Gasteiger partial charge in [-0.3, -0.25) is 0 Å². The van der Waals surface area contributed by atoms with Crippen molar-refractivity contribution in [3.05, 3.63) is 25.3 Å². The average molecular weight is 213 g/mol. The van der Waals surface area contributed by atoms with Crippen molar-refractivity contribution in [1.82, 2.24) is 0 Å². The third-order valence-electron chi connectivity index (χ3n) is 2.49. The van der Waals surface area contributed by atoms with Gasteiger partial charge in [-0.25, -0.2) is 0 Å². The summed E-state index contributed by atoms with van der Waals surface area (Å²) in [4.78, 5) is 0. The van der Waals surface area contributed by atoms with Crippen LogP contribution in [0.25, 0.3) is 0 Å². The molecule has 1 unspecified atom stereocenters. The molecule has 0 heterocycles. The smallest absolute Gasteiger partial charge is 0.0717 e. The zero-order valence-electron chi connectivity index (χ0n) is 9.36. The molecule has 88 valence electrons. The van der Waals surface area contributed by atoms with Gasteiger partial charge in [0.15, 0.2) is 0 Å². The molecule has 0 radical (unpaired) electrons. The molecule has 0 rings (SSSR count). The van der Waals surface area contributed by atoms with Crippen molar-refractivity contribution in [3.63, 3.8) is 0 Å². The molecule has 3 nitrogen and oxygen atoms in total. The van der Waals surface area contributed by atoms with Crippen LogP contribution < -0.4 is 5.73 Å². The van der Waals surface area contributed by atoms with Crippen molar-refractivity contribution in [2.75, 3.05) is 6.54 Å². The number of hydrogen-bond acceptors (Lipinski definition) is 3. The van der Waals surface area contributed by atoms with E-state index in [9.17, 15) is 10.2 Å². The fraction of sp³-hybridized carbons (Fsp3) is 0.667. The lowest BCUT2D eigenvalue weighted by Gasteiger charge is -2.26. The summed E-state index contributed by atoms with van der Waals surface area (Å²) in [6.07, 6.45) is 5.70. The quantitative estimate of drug-likeness (QED) is 0.507. The molecule has 0 aliphatic rings. The highest BCUT2D eigenvalue weighted by molar-refractivity contribution is 4.92. The van der Waals surface area contributed by atoms with Crippen molar-refractivity contribution in [2.45, 2.75) is 43.8 Å². The predicted octanol–water partition coefficient (Wildman–Crippen LogP) is 1.36. The number of hydrogen-bond donors (Lipinski definition) is 3. The highest BCUT2D eigenvalue weighted by Crippen LogP contribution is 2.24. The van der Waals surface area contributed by atoms with Gasteiger partial charge in [-0.1, -0.05) is 12.2 Å². The second kappa shape index (κ2) is 7.63. The van der Waals surface area contributed by atoms with Gasteiger partial charge in [-0.15, -0.1) is 13.2 Å². The maximum Gasteiger partial charge on any atom is 0.0717 e. The zero-order chi connectivity index (χ0) is 11.7. The van der Waals surface area contributed by atoms with Crippen LogP contribution in [0.2, 0.25) is 0 Å². The Hall–Kier alpha value is -0.640. The van der Waals surface area contributed by atoms with E-state index >= 15 is 0 Å². The molecule has 0 saturated heterocycles. The van der Waals surface area contributed by atoms with Gasteiger partial charge in [0.1, 0.15) is 0 Å². The SMILES string of the molecule is C=CCC(O)(CC=C)CCC(O)CCN. The first-order valence-electron chi connectivity index (χ1n) is 5.40. The van der Waals surface area contributed by atoms with Gasteiger partial charge in [-0.2, -0.15) is 0 Å². The number of aliphatic hydroxyl groups is 2. The van der Waals surface area contributed by atoms with Gasteiger partial charge >= 0.3 is 0 Å². The van der Waals surface area contributed by atoms with E-state index in [1.54, 1.807) is 12.2 Å². The van der Waals surface area contributed by atoms with Crippen LogP contribution in [0.4, 0.5) is 0 Å². The maximum atomic E-state index is 10.1. The van der Waals surface area contributed by atoms with Crippen LogP contribution in [-0.4, -0.2) is 28.5 Å². The summed E-state index contributed by atoms with van der Waals surface area (Å²) in [5, 5.41) is 19.6. The lowest BCUT2D eigenvalue weighted by atomic mass is 9.88. The molecule has 0 fully saturated rings. The number of nitrogens with two attached hydrogens (primary N) is 1. The van der Waals surface area contributed by atoms with E-state index in [4.69, 9.17) is 5.73 Å². The van der Waals surface area contributed by atoms with Crippen LogP contribution in [0.5, 0.6) is 0 Å². The molecule has 1 atom stereocenters. The summed E-state index contributed by atoms with van der Waals surface area (Å²) in [5.74, 6) is 0. The molecular formula is C12H23NO2. The number of aliphatic hydroxyl groups excluding tert-OH is 1. The fourth-order valence-electron chi connectivity index (χ4n) is 1.60. The van der Waals surface area contributed by atoms with Crippen molar-refractivity contribution in [1.29, 1.82) is 0 Å². The predicted molar refractivity (Wildman–Crippen MR) is 63.5 cm³/mol. The summed E-state index contributed by atoms with van der Waals surface area (Å²) < 4.78 is 0. The Kier molecular flexibility index (Phi) is 7.30. The highest BCUT2D eigenvalue weighted by atomic mass is 16.3. The van der Waals surface area contributed by atoms with Crippen molar-refractivity contribution >= 4 is 0 Å². The van der Waals surface area contributed by atoms with Crippen LogP contribution in [0, 0.1) is 0 Å². The lowest BCUT2D eigenvalue weighted by molar-refractivity contribution is 0.0198. The normalized spacial score (nSPS) is 13.5. The first kappa shape index (κ1) is 14.4. The molecule has 0 bridgehead atoms. The van der Waals surface area contributed by atoms with E-state index < -0.39 is 11.7 Å². The zero-order valence-corrected chi connectivity index (χ0v) is 9.36. The summed E-state index contributed by atoms with van der Waals surface area (Å²) in [6.45, 7) is 7.70. The van der Waals surface area contributed by atoms with Crippen molar-refractivity contribution in [2.24, 2.45) is 5.73 Å². The van der Waals surface area contributed by atoms with Gasteiger partial charge < -0.3 is 15.9 Å². The molecule has 0 spiro atoms. The molecule has 0 amide bonds. The third-order valence-corrected chi connectivity index (χ3v) is 2.49. The van der Waals surface area contributed by atoms with Crippen LogP contribution in [-0.2, 0) is 0 Å². The molecule has 3 heteroatoms. The standard InChI is InChI=1S/C12H23NO2/c1-3-7-12(15,8-4-2)9-5-11(14)6-10-13/h3-4,11,14-15H,1-2,5-10,13H2. The van der Waals surface area contributed by atoms with E-state index in [0.29, 0.717) is 38.6 Å². The minimum Gasteiger partial charge on any atom is -0.393 e. The lowest BCUT2D eigenvalue weighted by Crippen LogP contribution is -2.29.